The molecule has 2 aromatic heterocycles. The first-order chi connectivity index (χ1) is 16.5. The van der Waals surface area contributed by atoms with E-state index in [1.54, 1.807) is 30.6 Å². The number of nitrogens with one attached hydrogen (secondary N) is 1. The van der Waals surface area contributed by atoms with E-state index >= 15 is 0 Å². The summed E-state index contributed by atoms with van der Waals surface area (Å²) in [6.45, 7) is 4.87. The Kier molecular flexibility index (Phi) is 6.31. The number of methoxy groups -OCH3 is 1. The van der Waals surface area contributed by atoms with E-state index < -0.39 is 4.92 Å². The number of benzene rings is 2. The van der Waals surface area contributed by atoms with Crippen LogP contribution in [0.2, 0.25) is 0 Å². The standard InChI is InChI=1S/C23H23N5O4S2/c1-32-17-3-2-4-19-21(17)25-23(34-19)27-11-9-26(10-12-27)8-7-24-22(29)20-14-15-13-16(28(30)31)5-6-18(15)33-20/h2-6,13-14H,7-12H2,1H3,(H,24,29). The van der Waals surface area contributed by atoms with E-state index in [2.05, 4.69) is 21.2 Å². The van der Waals surface area contributed by atoms with Crippen molar-refractivity contribution in [3.8, 4) is 5.75 Å². The Balaban J connectivity index is 1.12. The monoisotopic (exact) mass is 497 g/mol. The van der Waals surface area contributed by atoms with Crippen molar-refractivity contribution in [1.82, 2.24) is 15.2 Å². The van der Waals surface area contributed by atoms with Crippen LogP contribution in [0.1, 0.15) is 9.67 Å². The number of piperazine rings is 1. The lowest BCUT2D eigenvalue weighted by molar-refractivity contribution is -0.384. The van der Waals surface area contributed by atoms with Gasteiger partial charge in [0.1, 0.15) is 11.3 Å². The van der Waals surface area contributed by atoms with Gasteiger partial charge in [-0.15, -0.1) is 11.3 Å². The highest BCUT2D eigenvalue weighted by molar-refractivity contribution is 7.22. The molecule has 1 N–H and O–H groups in total. The van der Waals surface area contributed by atoms with Gasteiger partial charge in [0.2, 0.25) is 0 Å². The fraction of sp³-hybridized carbons (Fsp3) is 0.304. The normalized spacial score (nSPS) is 14.6. The molecule has 1 aliphatic heterocycles. The summed E-state index contributed by atoms with van der Waals surface area (Å²) < 4.78 is 7.41. The van der Waals surface area contributed by atoms with Gasteiger partial charge >= 0.3 is 0 Å². The van der Waals surface area contributed by atoms with Crippen LogP contribution in [0.5, 0.6) is 5.75 Å². The predicted molar refractivity (Wildman–Crippen MR) is 136 cm³/mol. The van der Waals surface area contributed by atoms with Crippen molar-refractivity contribution in [1.29, 1.82) is 0 Å². The number of amides is 1. The third-order valence-electron chi connectivity index (χ3n) is 5.88. The number of nitro benzene ring substituents is 1. The molecule has 0 saturated carbocycles. The molecule has 0 aliphatic carbocycles. The molecule has 5 rings (SSSR count). The summed E-state index contributed by atoms with van der Waals surface area (Å²) in [6, 6.07) is 12.4. The SMILES string of the molecule is COc1cccc2sc(N3CCN(CCNC(=O)c4cc5cc([N+](=O)[O-])ccc5s4)CC3)nc12. The number of aromatic nitrogens is 1. The third kappa shape index (κ3) is 4.54. The Morgan fingerprint density at radius 3 is 2.74 bits per heavy atom. The zero-order chi connectivity index (χ0) is 23.7. The van der Waals surface area contributed by atoms with Crippen LogP contribution in [0, 0.1) is 10.1 Å². The number of thiazole rings is 1. The molecule has 9 nitrogen and oxygen atoms in total. The van der Waals surface area contributed by atoms with Gasteiger partial charge < -0.3 is 15.0 Å². The van der Waals surface area contributed by atoms with Gasteiger partial charge in [-0.05, 0) is 24.3 Å². The second kappa shape index (κ2) is 9.53. The van der Waals surface area contributed by atoms with Crippen molar-refractivity contribution in [2.45, 2.75) is 0 Å². The topological polar surface area (TPSA) is 101 Å². The van der Waals surface area contributed by atoms with Crippen LogP contribution in [-0.4, -0.2) is 67.1 Å². The Labute approximate surface area is 203 Å². The summed E-state index contributed by atoms with van der Waals surface area (Å²) >= 11 is 3.03. The number of nitrogens with zero attached hydrogens (tertiary/aromatic N) is 4. The molecule has 1 amide bonds. The summed E-state index contributed by atoms with van der Waals surface area (Å²) in [5.41, 5.74) is 0.937. The average molecular weight is 498 g/mol. The Hall–Kier alpha value is -3.28. The summed E-state index contributed by atoms with van der Waals surface area (Å²) in [7, 11) is 1.66. The van der Waals surface area contributed by atoms with Crippen molar-refractivity contribution in [3.63, 3.8) is 0 Å². The molecule has 4 aromatic rings. The van der Waals surface area contributed by atoms with E-state index in [9.17, 15) is 14.9 Å². The fourth-order valence-corrected chi connectivity index (χ4v) is 6.04. The first-order valence-corrected chi connectivity index (χ1v) is 12.5. The summed E-state index contributed by atoms with van der Waals surface area (Å²) in [4.78, 5) is 33.1. The molecule has 1 fully saturated rings. The van der Waals surface area contributed by atoms with Gasteiger partial charge in [0.05, 0.1) is 21.6 Å². The van der Waals surface area contributed by atoms with E-state index in [-0.39, 0.29) is 11.6 Å². The lowest BCUT2D eigenvalue weighted by Gasteiger charge is -2.34. The van der Waals surface area contributed by atoms with Gasteiger partial charge in [0, 0.05) is 61.5 Å². The van der Waals surface area contributed by atoms with E-state index in [1.165, 1.54) is 23.5 Å². The van der Waals surface area contributed by atoms with Crippen molar-refractivity contribution in [3.05, 3.63) is 57.5 Å². The van der Waals surface area contributed by atoms with Gasteiger partial charge in [-0.1, -0.05) is 17.4 Å². The van der Waals surface area contributed by atoms with Gasteiger partial charge in [-0.3, -0.25) is 19.8 Å². The average Bonchev–Trinajstić information content (AvgIpc) is 3.48. The van der Waals surface area contributed by atoms with Crippen LogP contribution in [0.4, 0.5) is 10.8 Å². The predicted octanol–water partition coefficient (Wildman–Crippen LogP) is 3.98. The van der Waals surface area contributed by atoms with E-state index in [0.717, 1.165) is 58.5 Å². The largest absolute Gasteiger partial charge is 0.494 e. The highest BCUT2D eigenvalue weighted by Crippen LogP contribution is 2.34. The van der Waals surface area contributed by atoms with Crippen molar-refractivity contribution >= 4 is 59.7 Å². The highest BCUT2D eigenvalue weighted by atomic mass is 32.1. The Bertz CT molecular complexity index is 1360. The molecule has 0 atom stereocenters. The lowest BCUT2D eigenvalue weighted by atomic mass is 10.2. The van der Waals surface area contributed by atoms with E-state index in [1.807, 2.05) is 12.1 Å². The Morgan fingerprint density at radius 1 is 1.15 bits per heavy atom. The van der Waals surface area contributed by atoms with Crippen LogP contribution < -0.4 is 15.0 Å². The summed E-state index contributed by atoms with van der Waals surface area (Å²) in [6.07, 6.45) is 0. The summed E-state index contributed by atoms with van der Waals surface area (Å²) in [5.74, 6) is 0.650. The second-order valence-electron chi connectivity index (χ2n) is 7.98. The smallest absolute Gasteiger partial charge is 0.270 e. The molecule has 0 radical (unpaired) electrons. The number of carbonyl (C=O) groups is 1. The maximum atomic E-state index is 12.6. The van der Waals surface area contributed by atoms with Gasteiger partial charge in [-0.2, -0.15) is 0 Å². The Morgan fingerprint density at radius 2 is 1.97 bits per heavy atom. The maximum absolute atomic E-state index is 12.6. The number of nitro groups is 1. The molecule has 2 aromatic carbocycles. The molecule has 11 heteroatoms. The van der Waals surface area contributed by atoms with Gasteiger partial charge in [0.25, 0.3) is 11.6 Å². The number of thiophene rings is 1. The van der Waals surface area contributed by atoms with E-state index in [0.29, 0.717) is 16.8 Å². The molecule has 1 aliphatic rings. The first kappa shape index (κ1) is 22.5. The zero-order valence-corrected chi connectivity index (χ0v) is 20.2. The fourth-order valence-electron chi connectivity index (χ4n) is 4.05. The number of hydrogen-bond acceptors (Lipinski definition) is 9. The van der Waals surface area contributed by atoms with Crippen LogP contribution >= 0.6 is 22.7 Å². The molecule has 3 heterocycles. The van der Waals surface area contributed by atoms with Crippen LogP contribution in [0.3, 0.4) is 0 Å². The number of anilines is 1. The number of hydrogen-bond donors (Lipinski definition) is 1. The molecule has 0 bridgehead atoms. The molecule has 1 saturated heterocycles. The zero-order valence-electron chi connectivity index (χ0n) is 18.5. The highest BCUT2D eigenvalue weighted by Gasteiger charge is 2.21. The van der Waals surface area contributed by atoms with Gasteiger partial charge in [0.15, 0.2) is 5.13 Å². The molecular weight excluding hydrogens is 474 g/mol. The van der Waals surface area contributed by atoms with Crippen molar-refractivity contribution in [2.75, 3.05) is 51.3 Å². The summed E-state index contributed by atoms with van der Waals surface area (Å²) in [5, 5.41) is 15.7. The minimum absolute atomic E-state index is 0.0291. The van der Waals surface area contributed by atoms with E-state index in [4.69, 9.17) is 9.72 Å². The molecular formula is C23H23N5O4S2. The minimum atomic E-state index is -0.426. The number of carbonyl (C=O) groups excluding carboxylic acids is 1. The molecule has 176 valence electrons. The molecule has 34 heavy (non-hydrogen) atoms. The van der Waals surface area contributed by atoms with Gasteiger partial charge in [-0.25, -0.2) is 4.98 Å². The number of non-ortho nitro benzene ring substituents is 1. The van der Waals surface area contributed by atoms with Crippen LogP contribution in [0.15, 0.2) is 42.5 Å². The second-order valence-corrected chi connectivity index (χ2v) is 10.1. The van der Waals surface area contributed by atoms with Crippen molar-refractivity contribution < 1.29 is 14.5 Å². The first-order valence-electron chi connectivity index (χ1n) is 10.9. The molecule has 0 spiro atoms. The van der Waals surface area contributed by atoms with Crippen molar-refractivity contribution in [2.24, 2.45) is 0 Å². The number of para-hydroxylation sites is 1. The number of ether oxygens (including phenoxy) is 1. The maximum Gasteiger partial charge on any atom is 0.270 e. The minimum Gasteiger partial charge on any atom is -0.494 e. The molecule has 0 unspecified atom stereocenters. The van der Waals surface area contributed by atoms with Crippen LogP contribution in [-0.2, 0) is 0 Å². The quantitative estimate of drug-likeness (QED) is 0.304. The number of rotatable bonds is 7. The lowest BCUT2D eigenvalue weighted by Crippen LogP contribution is -2.48. The number of fused-ring (bicyclic) bond motifs is 2. The van der Waals surface area contributed by atoms with Crippen LogP contribution in [0.25, 0.3) is 20.3 Å². The third-order valence-corrected chi connectivity index (χ3v) is 8.08.